The van der Waals surface area contributed by atoms with Crippen molar-refractivity contribution in [3.8, 4) is 11.5 Å². The van der Waals surface area contributed by atoms with Crippen LogP contribution in [0, 0.1) is 0 Å². The van der Waals surface area contributed by atoms with Crippen molar-refractivity contribution < 1.29 is 22.7 Å². The van der Waals surface area contributed by atoms with Gasteiger partial charge in [-0.05, 0) is 50.6 Å². The van der Waals surface area contributed by atoms with Crippen LogP contribution in [0.1, 0.15) is 26.7 Å². The van der Waals surface area contributed by atoms with E-state index in [-0.39, 0.29) is 23.1 Å². The van der Waals surface area contributed by atoms with Gasteiger partial charge in [0.2, 0.25) is 5.91 Å². The lowest BCUT2D eigenvalue weighted by Crippen LogP contribution is -2.49. The maximum Gasteiger partial charge on any atom is 0.268 e. The van der Waals surface area contributed by atoms with Gasteiger partial charge in [-0.1, -0.05) is 12.1 Å². The van der Waals surface area contributed by atoms with Crippen LogP contribution in [0.25, 0.3) is 0 Å². The average molecular weight is 416 g/mol. The van der Waals surface area contributed by atoms with Gasteiger partial charge in [-0.2, -0.15) is 0 Å². The number of hydrogen-bond donors (Lipinski definition) is 0. The van der Waals surface area contributed by atoms with Gasteiger partial charge in [0.05, 0.1) is 19.3 Å². The van der Waals surface area contributed by atoms with E-state index >= 15 is 0 Å². The second kappa shape index (κ2) is 6.95. The summed E-state index contributed by atoms with van der Waals surface area (Å²) in [6, 6.07) is 11.9. The molecule has 0 N–H and O–H groups in total. The maximum absolute atomic E-state index is 13.8. The van der Waals surface area contributed by atoms with Crippen molar-refractivity contribution in [3.63, 3.8) is 0 Å². The Kier molecular flexibility index (Phi) is 4.69. The summed E-state index contributed by atoms with van der Waals surface area (Å²) in [6.45, 7) is 4.43. The van der Waals surface area contributed by atoms with E-state index in [4.69, 9.17) is 9.47 Å². The Morgan fingerprint density at radius 2 is 1.90 bits per heavy atom. The van der Waals surface area contributed by atoms with Crippen molar-refractivity contribution in [1.29, 1.82) is 0 Å². The van der Waals surface area contributed by atoms with E-state index in [1.807, 2.05) is 19.9 Å². The highest BCUT2D eigenvalue weighted by atomic mass is 32.2. The second-order valence-electron chi connectivity index (χ2n) is 7.83. The molecule has 29 heavy (non-hydrogen) atoms. The average Bonchev–Trinajstić information content (AvgIpc) is 3.12. The van der Waals surface area contributed by atoms with Crippen LogP contribution in [0.15, 0.2) is 47.4 Å². The minimum atomic E-state index is -3.97. The number of benzene rings is 2. The summed E-state index contributed by atoms with van der Waals surface area (Å²) in [5, 5.41) is 0. The standard InChI is InChI=1S/C21H24N2O5S/c1-21(2)14-23(16-7-4-5-8-17(16)28-21)29(25,26)19-13-15(10-11-18(19)27-3)22-12-6-9-20(22)24/h4-5,7-8,10-11,13H,6,9,12,14H2,1-3H3. The molecule has 1 fully saturated rings. The van der Waals surface area contributed by atoms with E-state index in [2.05, 4.69) is 0 Å². The number of rotatable bonds is 4. The van der Waals surface area contributed by atoms with Crippen LogP contribution >= 0.6 is 0 Å². The van der Waals surface area contributed by atoms with E-state index in [9.17, 15) is 13.2 Å². The number of para-hydroxylation sites is 2. The normalized spacial score (nSPS) is 18.4. The van der Waals surface area contributed by atoms with Gasteiger partial charge in [0.1, 0.15) is 22.0 Å². The molecule has 2 aliphatic rings. The van der Waals surface area contributed by atoms with Gasteiger partial charge in [0.25, 0.3) is 10.0 Å². The molecular weight excluding hydrogens is 392 g/mol. The van der Waals surface area contributed by atoms with Crippen molar-refractivity contribution in [3.05, 3.63) is 42.5 Å². The minimum Gasteiger partial charge on any atom is -0.495 e. The van der Waals surface area contributed by atoms with Gasteiger partial charge in [0.15, 0.2) is 0 Å². The van der Waals surface area contributed by atoms with Gasteiger partial charge in [-0.15, -0.1) is 0 Å². The topological polar surface area (TPSA) is 76.2 Å². The third-order valence-corrected chi connectivity index (χ3v) is 6.93. The third kappa shape index (κ3) is 3.42. The first-order chi connectivity index (χ1) is 13.7. The fourth-order valence-corrected chi connectivity index (χ4v) is 5.60. The summed E-state index contributed by atoms with van der Waals surface area (Å²) in [5.41, 5.74) is 0.348. The number of fused-ring (bicyclic) bond motifs is 1. The number of methoxy groups -OCH3 is 1. The predicted molar refractivity (Wildman–Crippen MR) is 110 cm³/mol. The molecule has 0 aromatic heterocycles. The Hall–Kier alpha value is -2.74. The molecule has 0 saturated carbocycles. The molecule has 0 radical (unpaired) electrons. The summed E-state index contributed by atoms with van der Waals surface area (Å²) in [7, 11) is -2.53. The number of sulfonamides is 1. The molecule has 2 aromatic carbocycles. The molecule has 0 atom stereocenters. The largest absolute Gasteiger partial charge is 0.495 e. The van der Waals surface area contributed by atoms with E-state index in [1.54, 1.807) is 35.2 Å². The molecular formula is C21H24N2O5S. The summed E-state index contributed by atoms with van der Waals surface area (Å²) >= 11 is 0. The highest BCUT2D eigenvalue weighted by Crippen LogP contribution is 2.42. The van der Waals surface area contributed by atoms with E-state index < -0.39 is 15.6 Å². The number of hydrogen-bond acceptors (Lipinski definition) is 5. The van der Waals surface area contributed by atoms with Gasteiger partial charge in [0, 0.05) is 18.7 Å². The van der Waals surface area contributed by atoms with Crippen molar-refractivity contribution in [2.24, 2.45) is 0 Å². The maximum atomic E-state index is 13.8. The highest BCUT2D eigenvalue weighted by Gasteiger charge is 2.40. The smallest absolute Gasteiger partial charge is 0.268 e. The molecule has 154 valence electrons. The number of anilines is 2. The Bertz CT molecular complexity index is 1060. The highest BCUT2D eigenvalue weighted by molar-refractivity contribution is 7.93. The predicted octanol–water partition coefficient (Wildman–Crippen LogP) is 3.19. The minimum absolute atomic E-state index is 0.00336. The molecule has 2 heterocycles. The van der Waals surface area contributed by atoms with Gasteiger partial charge >= 0.3 is 0 Å². The molecule has 8 heteroatoms. The molecule has 4 rings (SSSR count). The van der Waals surface area contributed by atoms with Crippen molar-refractivity contribution in [2.45, 2.75) is 37.2 Å². The Morgan fingerprint density at radius 3 is 2.59 bits per heavy atom. The molecule has 0 aliphatic carbocycles. The molecule has 1 amide bonds. The van der Waals surface area contributed by atoms with E-state index in [1.165, 1.54) is 17.5 Å². The first-order valence-electron chi connectivity index (χ1n) is 9.52. The van der Waals surface area contributed by atoms with Crippen LogP contribution in [-0.2, 0) is 14.8 Å². The molecule has 2 aliphatic heterocycles. The SMILES string of the molecule is COc1ccc(N2CCCC2=O)cc1S(=O)(=O)N1CC(C)(C)Oc2ccccc21. The van der Waals surface area contributed by atoms with Gasteiger partial charge in [-0.3, -0.25) is 9.10 Å². The van der Waals surface area contributed by atoms with Gasteiger partial charge in [-0.25, -0.2) is 8.42 Å². The van der Waals surface area contributed by atoms with Crippen LogP contribution in [0.5, 0.6) is 11.5 Å². The molecule has 7 nitrogen and oxygen atoms in total. The zero-order chi connectivity index (χ0) is 20.8. The lowest BCUT2D eigenvalue weighted by Gasteiger charge is -2.40. The molecule has 1 saturated heterocycles. The lowest BCUT2D eigenvalue weighted by molar-refractivity contribution is -0.117. The van der Waals surface area contributed by atoms with Gasteiger partial charge < -0.3 is 14.4 Å². The Labute approximate surface area is 170 Å². The number of carbonyl (C=O) groups excluding carboxylic acids is 1. The van der Waals surface area contributed by atoms with Crippen LogP contribution in [0.3, 0.4) is 0 Å². The van der Waals surface area contributed by atoms with Crippen molar-refractivity contribution in [1.82, 2.24) is 0 Å². The van der Waals surface area contributed by atoms with Crippen LogP contribution < -0.4 is 18.7 Å². The molecule has 0 spiro atoms. The number of nitrogens with zero attached hydrogens (tertiary/aromatic N) is 2. The van der Waals surface area contributed by atoms with Crippen molar-refractivity contribution in [2.75, 3.05) is 29.4 Å². The fraction of sp³-hybridized carbons (Fsp3) is 0.381. The Balaban J connectivity index is 1.84. The molecule has 0 bridgehead atoms. The first-order valence-corrected chi connectivity index (χ1v) is 11.0. The fourth-order valence-electron chi connectivity index (χ4n) is 3.80. The number of ether oxygens (including phenoxy) is 2. The number of carbonyl (C=O) groups is 1. The van der Waals surface area contributed by atoms with Crippen molar-refractivity contribution >= 4 is 27.3 Å². The zero-order valence-electron chi connectivity index (χ0n) is 16.7. The quantitative estimate of drug-likeness (QED) is 0.765. The van der Waals surface area contributed by atoms with Crippen LogP contribution in [0.4, 0.5) is 11.4 Å². The number of amides is 1. The Morgan fingerprint density at radius 1 is 1.14 bits per heavy atom. The molecule has 2 aromatic rings. The summed E-state index contributed by atoms with van der Waals surface area (Å²) in [4.78, 5) is 13.8. The second-order valence-corrected chi connectivity index (χ2v) is 9.66. The monoisotopic (exact) mass is 416 g/mol. The summed E-state index contributed by atoms with van der Waals surface area (Å²) < 4.78 is 40.2. The lowest BCUT2D eigenvalue weighted by atomic mass is 10.1. The van der Waals surface area contributed by atoms with E-state index in [0.29, 0.717) is 30.1 Å². The first kappa shape index (κ1) is 19.6. The summed E-state index contributed by atoms with van der Waals surface area (Å²) in [6.07, 6.45) is 1.23. The van der Waals surface area contributed by atoms with Crippen LogP contribution in [0.2, 0.25) is 0 Å². The van der Waals surface area contributed by atoms with E-state index in [0.717, 1.165) is 6.42 Å². The zero-order valence-corrected chi connectivity index (χ0v) is 17.5. The summed E-state index contributed by atoms with van der Waals surface area (Å²) in [5.74, 6) is 0.746. The van der Waals surface area contributed by atoms with Crippen LogP contribution in [-0.4, -0.2) is 40.1 Å². The molecule has 0 unspecified atom stereocenters. The third-order valence-electron chi connectivity index (χ3n) is 5.14.